The lowest BCUT2D eigenvalue weighted by atomic mass is 10.1. The zero-order chi connectivity index (χ0) is 16.4. The van der Waals surface area contributed by atoms with Crippen molar-refractivity contribution in [3.8, 4) is 0 Å². The lowest BCUT2D eigenvalue weighted by Crippen LogP contribution is -2.22. The molecule has 2 nitrogen and oxygen atoms in total. The zero-order valence-corrected chi connectivity index (χ0v) is 15.3. The Morgan fingerprint density at radius 1 is 0.870 bits per heavy atom. The summed E-state index contributed by atoms with van der Waals surface area (Å²) in [6.07, 6.45) is 25.6. The molecule has 0 aromatic heterocycles. The van der Waals surface area contributed by atoms with Crippen LogP contribution in [0.4, 0.5) is 0 Å². The highest BCUT2D eigenvalue weighted by atomic mass is 16.7. The van der Waals surface area contributed by atoms with Crippen molar-refractivity contribution in [3.63, 3.8) is 0 Å². The summed E-state index contributed by atoms with van der Waals surface area (Å²) >= 11 is 0. The third kappa shape index (κ3) is 13.5. The maximum absolute atomic E-state index is 5.76. The van der Waals surface area contributed by atoms with Gasteiger partial charge in [-0.25, -0.2) is 0 Å². The Morgan fingerprint density at radius 3 is 2.26 bits per heavy atom. The molecule has 0 saturated carbocycles. The van der Waals surface area contributed by atoms with Crippen molar-refractivity contribution in [3.05, 3.63) is 24.3 Å². The second kappa shape index (κ2) is 16.3. The molecule has 1 heterocycles. The summed E-state index contributed by atoms with van der Waals surface area (Å²) in [6.45, 7) is 3.93. The van der Waals surface area contributed by atoms with E-state index in [0.717, 1.165) is 26.1 Å². The second-order valence-corrected chi connectivity index (χ2v) is 6.55. The molecule has 0 N–H and O–H groups in total. The molecule has 0 radical (unpaired) electrons. The number of allylic oxidation sites excluding steroid dienone is 4. The fourth-order valence-corrected chi connectivity index (χ4v) is 2.87. The van der Waals surface area contributed by atoms with E-state index in [2.05, 4.69) is 31.2 Å². The van der Waals surface area contributed by atoms with Crippen molar-refractivity contribution >= 4 is 0 Å². The van der Waals surface area contributed by atoms with Gasteiger partial charge in [-0.1, -0.05) is 69.8 Å². The van der Waals surface area contributed by atoms with E-state index in [4.69, 9.17) is 9.47 Å². The first-order valence-corrected chi connectivity index (χ1v) is 9.98. The Morgan fingerprint density at radius 2 is 1.57 bits per heavy atom. The molecule has 1 atom stereocenters. The summed E-state index contributed by atoms with van der Waals surface area (Å²) < 4.78 is 11.3. The van der Waals surface area contributed by atoms with Crippen molar-refractivity contribution in [2.24, 2.45) is 0 Å². The molecule has 0 aromatic carbocycles. The molecule has 0 unspecified atom stereocenters. The first-order valence-electron chi connectivity index (χ1n) is 9.98. The predicted octanol–water partition coefficient (Wildman–Crippen LogP) is 6.56. The van der Waals surface area contributed by atoms with Crippen LogP contribution >= 0.6 is 0 Å². The summed E-state index contributed by atoms with van der Waals surface area (Å²) in [4.78, 5) is 0. The van der Waals surface area contributed by atoms with Gasteiger partial charge in [0.15, 0.2) is 6.29 Å². The molecule has 134 valence electrons. The maximum atomic E-state index is 5.76. The van der Waals surface area contributed by atoms with Crippen molar-refractivity contribution in [1.82, 2.24) is 0 Å². The molecule has 0 amide bonds. The van der Waals surface area contributed by atoms with E-state index in [-0.39, 0.29) is 6.29 Å². The SMILES string of the molecule is CC/C=C/C=C/CCCCCCCCCCO[C@@H]1CCCCO1. The molecule has 0 aromatic rings. The van der Waals surface area contributed by atoms with Gasteiger partial charge in [0.1, 0.15) is 0 Å². The van der Waals surface area contributed by atoms with Gasteiger partial charge in [-0.3, -0.25) is 0 Å². The van der Waals surface area contributed by atoms with E-state index in [1.54, 1.807) is 0 Å². The van der Waals surface area contributed by atoms with Crippen molar-refractivity contribution in [1.29, 1.82) is 0 Å². The number of unbranched alkanes of at least 4 members (excludes halogenated alkanes) is 8. The third-order valence-corrected chi connectivity index (χ3v) is 4.33. The zero-order valence-electron chi connectivity index (χ0n) is 15.3. The Balaban J connectivity index is 1.73. The first-order chi connectivity index (χ1) is 11.4. The van der Waals surface area contributed by atoms with Crippen LogP contribution in [0.25, 0.3) is 0 Å². The Bertz CT molecular complexity index is 290. The molecule has 0 bridgehead atoms. The molecule has 0 aliphatic carbocycles. The van der Waals surface area contributed by atoms with Crippen LogP contribution in [-0.2, 0) is 9.47 Å². The molecule has 1 fully saturated rings. The van der Waals surface area contributed by atoms with Gasteiger partial charge >= 0.3 is 0 Å². The van der Waals surface area contributed by atoms with E-state index < -0.39 is 0 Å². The van der Waals surface area contributed by atoms with Crippen LogP contribution in [0.15, 0.2) is 24.3 Å². The number of hydrogen-bond donors (Lipinski definition) is 0. The molecule has 2 heteroatoms. The van der Waals surface area contributed by atoms with Crippen LogP contribution in [0, 0.1) is 0 Å². The van der Waals surface area contributed by atoms with Crippen LogP contribution in [0.1, 0.15) is 90.4 Å². The first kappa shape index (κ1) is 20.4. The quantitative estimate of drug-likeness (QED) is 0.266. The minimum Gasteiger partial charge on any atom is -0.353 e. The molecular formula is C21H38O2. The summed E-state index contributed by atoms with van der Waals surface area (Å²) in [5.41, 5.74) is 0. The standard InChI is InChI=1S/C21H38O2/c1-2-3-4-5-6-7-8-9-10-11-12-13-14-16-19-22-21-18-15-17-20-23-21/h3-6,21H,2,7-20H2,1H3/b4-3+,6-5+/t21-/m0/s1. The fraction of sp³-hybridized carbons (Fsp3) is 0.810. The highest BCUT2D eigenvalue weighted by Gasteiger charge is 2.13. The highest BCUT2D eigenvalue weighted by molar-refractivity contribution is 5.01. The van der Waals surface area contributed by atoms with Gasteiger partial charge in [-0.05, 0) is 44.9 Å². The fourth-order valence-electron chi connectivity index (χ4n) is 2.87. The maximum Gasteiger partial charge on any atom is 0.157 e. The van der Waals surface area contributed by atoms with Gasteiger partial charge in [0.25, 0.3) is 0 Å². The average Bonchev–Trinajstić information content (AvgIpc) is 2.59. The summed E-state index contributed by atoms with van der Waals surface area (Å²) in [5, 5.41) is 0. The predicted molar refractivity (Wildman–Crippen MR) is 99.7 cm³/mol. The van der Waals surface area contributed by atoms with Crippen molar-refractivity contribution in [2.45, 2.75) is 96.7 Å². The summed E-state index contributed by atoms with van der Waals surface area (Å²) in [5.74, 6) is 0. The average molecular weight is 323 g/mol. The number of rotatable bonds is 14. The Labute approximate surface area is 144 Å². The molecule has 0 spiro atoms. The van der Waals surface area contributed by atoms with E-state index >= 15 is 0 Å². The highest BCUT2D eigenvalue weighted by Crippen LogP contribution is 2.15. The Kier molecular flexibility index (Phi) is 14.5. The molecule has 23 heavy (non-hydrogen) atoms. The van der Waals surface area contributed by atoms with Crippen LogP contribution in [0.5, 0.6) is 0 Å². The van der Waals surface area contributed by atoms with Gasteiger partial charge in [-0.15, -0.1) is 0 Å². The van der Waals surface area contributed by atoms with E-state index in [0.29, 0.717) is 0 Å². The van der Waals surface area contributed by atoms with Crippen LogP contribution < -0.4 is 0 Å². The summed E-state index contributed by atoms with van der Waals surface area (Å²) in [6, 6.07) is 0. The minimum atomic E-state index is 0.0928. The van der Waals surface area contributed by atoms with Crippen LogP contribution in [0.3, 0.4) is 0 Å². The number of ether oxygens (including phenoxy) is 2. The van der Waals surface area contributed by atoms with Gasteiger partial charge in [0.2, 0.25) is 0 Å². The molecular weight excluding hydrogens is 284 g/mol. The smallest absolute Gasteiger partial charge is 0.157 e. The lowest BCUT2D eigenvalue weighted by molar-refractivity contribution is -0.162. The van der Waals surface area contributed by atoms with Crippen LogP contribution in [-0.4, -0.2) is 19.5 Å². The second-order valence-electron chi connectivity index (χ2n) is 6.55. The third-order valence-electron chi connectivity index (χ3n) is 4.33. The van der Waals surface area contributed by atoms with Gasteiger partial charge in [-0.2, -0.15) is 0 Å². The minimum absolute atomic E-state index is 0.0928. The van der Waals surface area contributed by atoms with E-state index in [9.17, 15) is 0 Å². The van der Waals surface area contributed by atoms with Crippen LogP contribution in [0.2, 0.25) is 0 Å². The Hall–Kier alpha value is -0.600. The molecule has 1 aliphatic heterocycles. The molecule has 1 rings (SSSR count). The number of hydrogen-bond acceptors (Lipinski definition) is 2. The topological polar surface area (TPSA) is 18.5 Å². The largest absolute Gasteiger partial charge is 0.353 e. The van der Waals surface area contributed by atoms with E-state index in [1.807, 2.05) is 0 Å². The van der Waals surface area contributed by atoms with Gasteiger partial charge in [0, 0.05) is 13.2 Å². The van der Waals surface area contributed by atoms with Crippen molar-refractivity contribution in [2.75, 3.05) is 13.2 Å². The van der Waals surface area contributed by atoms with Gasteiger partial charge < -0.3 is 9.47 Å². The van der Waals surface area contributed by atoms with Gasteiger partial charge in [0.05, 0.1) is 0 Å². The van der Waals surface area contributed by atoms with E-state index in [1.165, 1.54) is 70.6 Å². The molecule has 1 aliphatic rings. The molecule has 1 saturated heterocycles. The summed E-state index contributed by atoms with van der Waals surface area (Å²) in [7, 11) is 0. The lowest BCUT2D eigenvalue weighted by Gasteiger charge is -2.22. The van der Waals surface area contributed by atoms with Crippen molar-refractivity contribution < 1.29 is 9.47 Å². The monoisotopic (exact) mass is 322 g/mol. The normalized spacial score (nSPS) is 19.1.